The van der Waals surface area contributed by atoms with E-state index >= 15 is 0 Å². The van der Waals surface area contributed by atoms with Crippen LogP contribution in [0.1, 0.15) is 13.3 Å². The third kappa shape index (κ3) is 4.26. The molecule has 1 atom stereocenters. The predicted octanol–water partition coefficient (Wildman–Crippen LogP) is -0.950. The van der Waals surface area contributed by atoms with Gasteiger partial charge >= 0.3 is 17.8 Å². The van der Waals surface area contributed by atoms with Crippen LogP contribution in [0.4, 0.5) is 0 Å². The van der Waals surface area contributed by atoms with Crippen molar-refractivity contribution >= 4 is 17.8 Å². The van der Waals surface area contributed by atoms with Gasteiger partial charge in [-0.1, -0.05) is 0 Å². The number of carbonyl (C=O) groups is 3. The Labute approximate surface area is 68.2 Å². The van der Waals surface area contributed by atoms with Gasteiger partial charge < -0.3 is 15.5 Å². The molecule has 0 saturated carbocycles. The standard InChI is InChI=1S/C6H9NO5/c1-3(2-4(8)9)7-5(10)6(11)12/h3H,2H2,1H3,(H,7,10)(H,8,9)(H,11,12)/t3-/m1/s1. The van der Waals surface area contributed by atoms with Gasteiger partial charge in [-0.2, -0.15) is 0 Å². The van der Waals surface area contributed by atoms with Crippen LogP contribution in [0.5, 0.6) is 0 Å². The Morgan fingerprint density at radius 1 is 1.33 bits per heavy atom. The van der Waals surface area contributed by atoms with E-state index in [1.54, 1.807) is 0 Å². The molecule has 0 unspecified atom stereocenters. The van der Waals surface area contributed by atoms with Crippen molar-refractivity contribution in [2.24, 2.45) is 0 Å². The number of carboxylic acids is 2. The zero-order chi connectivity index (χ0) is 9.72. The Bertz CT molecular complexity index is 212. The smallest absolute Gasteiger partial charge is 0.394 e. The second-order valence-electron chi connectivity index (χ2n) is 2.28. The number of aliphatic carboxylic acids is 2. The third-order valence-corrected chi connectivity index (χ3v) is 1.05. The van der Waals surface area contributed by atoms with Gasteiger partial charge in [0.1, 0.15) is 0 Å². The quantitative estimate of drug-likeness (QED) is 0.480. The Balaban J connectivity index is 3.84. The van der Waals surface area contributed by atoms with Crippen molar-refractivity contribution in [3.8, 4) is 0 Å². The van der Waals surface area contributed by atoms with E-state index in [0.717, 1.165) is 0 Å². The molecular weight excluding hydrogens is 166 g/mol. The van der Waals surface area contributed by atoms with Crippen molar-refractivity contribution in [3.63, 3.8) is 0 Å². The lowest BCUT2D eigenvalue weighted by atomic mass is 10.2. The second-order valence-corrected chi connectivity index (χ2v) is 2.28. The van der Waals surface area contributed by atoms with Crippen molar-refractivity contribution in [1.82, 2.24) is 5.32 Å². The molecule has 0 aromatic carbocycles. The van der Waals surface area contributed by atoms with Crippen LogP contribution in [0.15, 0.2) is 0 Å². The maximum absolute atomic E-state index is 10.4. The summed E-state index contributed by atoms with van der Waals surface area (Å²) in [5.74, 6) is -3.90. The molecule has 0 aliphatic heterocycles. The van der Waals surface area contributed by atoms with Gasteiger partial charge in [-0.25, -0.2) is 4.79 Å². The molecule has 0 aromatic heterocycles. The van der Waals surface area contributed by atoms with Crippen LogP contribution in [0.25, 0.3) is 0 Å². The van der Waals surface area contributed by atoms with Gasteiger partial charge in [0.05, 0.1) is 6.42 Å². The molecule has 0 aliphatic rings. The van der Waals surface area contributed by atoms with Gasteiger partial charge in [-0.3, -0.25) is 9.59 Å². The Morgan fingerprint density at radius 3 is 2.17 bits per heavy atom. The summed E-state index contributed by atoms with van der Waals surface area (Å²) < 4.78 is 0. The van der Waals surface area contributed by atoms with Crippen molar-refractivity contribution in [1.29, 1.82) is 0 Å². The molecule has 0 saturated heterocycles. The number of amides is 1. The zero-order valence-corrected chi connectivity index (χ0v) is 6.40. The fourth-order valence-corrected chi connectivity index (χ4v) is 0.598. The van der Waals surface area contributed by atoms with Crippen LogP contribution in [0.3, 0.4) is 0 Å². The lowest BCUT2D eigenvalue weighted by molar-refractivity contribution is -0.150. The van der Waals surface area contributed by atoms with Crippen LogP contribution in [-0.4, -0.2) is 34.1 Å². The summed E-state index contributed by atoms with van der Waals surface area (Å²) in [6.07, 6.45) is -0.293. The molecule has 0 fully saturated rings. The van der Waals surface area contributed by atoms with Crippen LogP contribution >= 0.6 is 0 Å². The van der Waals surface area contributed by atoms with E-state index < -0.39 is 23.9 Å². The number of nitrogens with one attached hydrogen (secondary N) is 1. The summed E-state index contributed by atoms with van der Waals surface area (Å²) in [4.78, 5) is 30.5. The normalized spacial score (nSPS) is 11.8. The number of hydrogen-bond acceptors (Lipinski definition) is 3. The lowest BCUT2D eigenvalue weighted by Gasteiger charge is -2.08. The average Bonchev–Trinajstić information content (AvgIpc) is 1.84. The molecule has 68 valence electrons. The van der Waals surface area contributed by atoms with Gasteiger partial charge in [0, 0.05) is 6.04 Å². The molecule has 0 spiro atoms. The zero-order valence-electron chi connectivity index (χ0n) is 6.40. The van der Waals surface area contributed by atoms with Gasteiger partial charge in [0.25, 0.3) is 0 Å². The fraction of sp³-hybridized carbons (Fsp3) is 0.500. The fourth-order valence-electron chi connectivity index (χ4n) is 0.598. The van der Waals surface area contributed by atoms with E-state index in [4.69, 9.17) is 10.2 Å². The highest BCUT2D eigenvalue weighted by Crippen LogP contribution is 1.89. The first-order valence-electron chi connectivity index (χ1n) is 3.19. The van der Waals surface area contributed by atoms with E-state index in [1.807, 2.05) is 5.32 Å². The summed E-state index contributed by atoms with van der Waals surface area (Å²) >= 11 is 0. The Morgan fingerprint density at radius 2 is 1.83 bits per heavy atom. The third-order valence-electron chi connectivity index (χ3n) is 1.05. The monoisotopic (exact) mass is 175 g/mol. The first-order chi connectivity index (χ1) is 5.43. The Hall–Kier alpha value is -1.59. The van der Waals surface area contributed by atoms with E-state index in [2.05, 4.69) is 0 Å². The van der Waals surface area contributed by atoms with Crippen molar-refractivity contribution in [2.75, 3.05) is 0 Å². The first kappa shape index (κ1) is 10.4. The van der Waals surface area contributed by atoms with Gasteiger partial charge in [0.15, 0.2) is 0 Å². The van der Waals surface area contributed by atoms with Gasteiger partial charge in [-0.15, -0.1) is 0 Å². The van der Waals surface area contributed by atoms with Crippen LogP contribution in [-0.2, 0) is 14.4 Å². The van der Waals surface area contributed by atoms with Crippen molar-refractivity contribution in [3.05, 3.63) is 0 Å². The van der Waals surface area contributed by atoms with Crippen molar-refractivity contribution in [2.45, 2.75) is 19.4 Å². The summed E-state index contributed by atoms with van der Waals surface area (Å²) in [6.45, 7) is 1.41. The minimum absolute atomic E-state index is 0.293. The lowest BCUT2D eigenvalue weighted by Crippen LogP contribution is -2.38. The Kier molecular flexibility index (Phi) is 3.75. The minimum Gasteiger partial charge on any atom is -0.481 e. The van der Waals surface area contributed by atoms with Crippen LogP contribution in [0.2, 0.25) is 0 Å². The maximum atomic E-state index is 10.4. The van der Waals surface area contributed by atoms with Gasteiger partial charge in [0.2, 0.25) is 0 Å². The number of carboxylic acid groups (broad SMARTS) is 2. The number of rotatable bonds is 3. The minimum atomic E-state index is -1.62. The number of hydrogen-bond donors (Lipinski definition) is 3. The van der Waals surface area contributed by atoms with Crippen molar-refractivity contribution < 1.29 is 24.6 Å². The molecule has 0 bridgehead atoms. The van der Waals surface area contributed by atoms with E-state index in [0.29, 0.717) is 0 Å². The van der Waals surface area contributed by atoms with Crippen LogP contribution < -0.4 is 5.32 Å². The SMILES string of the molecule is C[C@H](CC(=O)O)NC(=O)C(=O)O. The van der Waals surface area contributed by atoms with E-state index in [1.165, 1.54) is 6.92 Å². The topological polar surface area (TPSA) is 104 Å². The molecule has 0 aliphatic carbocycles. The highest BCUT2D eigenvalue weighted by Gasteiger charge is 2.15. The highest BCUT2D eigenvalue weighted by molar-refractivity contribution is 6.31. The number of carbonyl (C=O) groups excluding carboxylic acids is 1. The molecule has 0 aromatic rings. The first-order valence-corrected chi connectivity index (χ1v) is 3.19. The van der Waals surface area contributed by atoms with Gasteiger partial charge in [-0.05, 0) is 6.92 Å². The molecule has 12 heavy (non-hydrogen) atoms. The molecule has 6 nitrogen and oxygen atoms in total. The average molecular weight is 175 g/mol. The summed E-state index contributed by atoms with van der Waals surface area (Å²) in [7, 11) is 0. The van der Waals surface area contributed by atoms with E-state index in [-0.39, 0.29) is 6.42 Å². The molecule has 0 radical (unpaired) electrons. The molecule has 6 heteroatoms. The maximum Gasteiger partial charge on any atom is 0.394 e. The predicted molar refractivity (Wildman–Crippen MR) is 37.5 cm³/mol. The largest absolute Gasteiger partial charge is 0.481 e. The molecule has 0 heterocycles. The van der Waals surface area contributed by atoms with Crippen LogP contribution in [0, 0.1) is 0 Å². The highest BCUT2D eigenvalue weighted by atomic mass is 16.4. The summed E-state index contributed by atoms with van der Waals surface area (Å²) in [6, 6.07) is -0.675. The molecular formula is C6H9NO5. The summed E-state index contributed by atoms with van der Waals surface area (Å²) in [5.41, 5.74) is 0. The summed E-state index contributed by atoms with van der Waals surface area (Å²) in [5, 5.41) is 18.3. The molecule has 3 N–H and O–H groups in total. The molecule has 0 rings (SSSR count). The second kappa shape index (κ2) is 4.32. The molecule has 1 amide bonds. The van der Waals surface area contributed by atoms with E-state index in [9.17, 15) is 14.4 Å².